The quantitative estimate of drug-likeness (QED) is 0.538. The van der Waals surface area contributed by atoms with E-state index in [9.17, 15) is 0 Å². The Hall–Kier alpha value is 0.140. The van der Waals surface area contributed by atoms with E-state index in [0.717, 1.165) is 11.9 Å². The second kappa shape index (κ2) is 9.37. The maximum Gasteiger partial charge on any atom is 0.00578 e. The molecule has 1 heterocycles. The van der Waals surface area contributed by atoms with Crippen molar-refractivity contribution >= 4 is 27.3 Å². The third kappa shape index (κ3) is 7.09. The van der Waals surface area contributed by atoms with E-state index < -0.39 is 0 Å². The van der Waals surface area contributed by atoms with Gasteiger partial charge in [-0.2, -0.15) is 0 Å². The van der Waals surface area contributed by atoms with Gasteiger partial charge in [0.05, 0.1) is 0 Å². The zero-order chi connectivity index (χ0) is 10.8. The molecule has 1 aromatic heterocycles. The van der Waals surface area contributed by atoms with Crippen molar-refractivity contribution in [2.75, 3.05) is 18.4 Å². The molecule has 15 heavy (non-hydrogen) atoms. The topological polar surface area (TPSA) is 12.0 Å². The van der Waals surface area contributed by atoms with Gasteiger partial charge in [-0.05, 0) is 43.8 Å². The maximum absolute atomic E-state index is 3.50. The lowest BCUT2D eigenvalue weighted by atomic mass is 10.2. The molecule has 0 unspecified atom stereocenters. The van der Waals surface area contributed by atoms with Crippen LogP contribution in [-0.4, -0.2) is 18.4 Å². The van der Waals surface area contributed by atoms with Gasteiger partial charge in [0.1, 0.15) is 0 Å². The van der Waals surface area contributed by atoms with Crippen molar-refractivity contribution < 1.29 is 0 Å². The predicted molar refractivity (Wildman–Crippen MR) is 73.2 cm³/mol. The third-order valence-electron chi connectivity index (χ3n) is 2.37. The number of nitrogens with one attached hydrogen (secondary N) is 1. The van der Waals surface area contributed by atoms with Gasteiger partial charge in [0.2, 0.25) is 0 Å². The number of rotatable bonds is 9. The minimum Gasteiger partial charge on any atom is -0.316 e. The molecule has 1 rings (SSSR count). The van der Waals surface area contributed by atoms with Crippen molar-refractivity contribution in [1.29, 1.82) is 0 Å². The first-order chi connectivity index (χ1) is 7.43. The Kier molecular flexibility index (Phi) is 8.25. The van der Waals surface area contributed by atoms with Crippen molar-refractivity contribution in [2.45, 2.75) is 32.1 Å². The molecule has 1 nitrogen and oxygen atoms in total. The van der Waals surface area contributed by atoms with Crippen LogP contribution in [0.4, 0.5) is 0 Å². The Balaban J connectivity index is 1.81. The van der Waals surface area contributed by atoms with Gasteiger partial charge >= 0.3 is 0 Å². The van der Waals surface area contributed by atoms with Gasteiger partial charge in [0.25, 0.3) is 0 Å². The van der Waals surface area contributed by atoms with Crippen LogP contribution in [0.15, 0.2) is 17.5 Å². The van der Waals surface area contributed by atoms with Crippen molar-refractivity contribution in [1.82, 2.24) is 5.32 Å². The number of thiophene rings is 1. The molecule has 0 aliphatic rings. The summed E-state index contributed by atoms with van der Waals surface area (Å²) in [6.45, 7) is 2.30. The van der Waals surface area contributed by atoms with Gasteiger partial charge in [-0.25, -0.2) is 0 Å². The van der Waals surface area contributed by atoms with Crippen molar-refractivity contribution in [3.8, 4) is 0 Å². The van der Waals surface area contributed by atoms with Gasteiger partial charge in [0, 0.05) is 10.2 Å². The van der Waals surface area contributed by atoms with Crippen LogP contribution in [0.25, 0.3) is 0 Å². The van der Waals surface area contributed by atoms with Crippen LogP contribution >= 0.6 is 27.3 Å². The average Bonchev–Trinajstić information content (AvgIpc) is 2.75. The summed E-state index contributed by atoms with van der Waals surface area (Å²) in [6.07, 6.45) is 6.53. The molecular formula is C12H20BrNS. The summed E-state index contributed by atoms with van der Waals surface area (Å²) in [6, 6.07) is 4.34. The van der Waals surface area contributed by atoms with E-state index in [0.29, 0.717) is 0 Å². The van der Waals surface area contributed by atoms with E-state index in [1.54, 1.807) is 0 Å². The first-order valence-corrected chi connectivity index (χ1v) is 7.72. The number of unbranched alkanes of at least 4 members (excludes halogenated alkanes) is 3. The van der Waals surface area contributed by atoms with Crippen molar-refractivity contribution in [3.05, 3.63) is 22.4 Å². The van der Waals surface area contributed by atoms with E-state index in [1.165, 1.54) is 43.5 Å². The summed E-state index contributed by atoms with van der Waals surface area (Å²) in [5, 5.41) is 6.80. The molecule has 0 aliphatic carbocycles. The largest absolute Gasteiger partial charge is 0.316 e. The number of alkyl halides is 1. The van der Waals surface area contributed by atoms with E-state index in [2.05, 4.69) is 38.8 Å². The highest BCUT2D eigenvalue weighted by atomic mass is 79.9. The zero-order valence-electron chi connectivity index (χ0n) is 9.18. The molecule has 0 saturated heterocycles. The maximum atomic E-state index is 3.50. The fourth-order valence-corrected chi connectivity index (χ4v) is 2.59. The van der Waals surface area contributed by atoms with Gasteiger partial charge in [-0.15, -0.1) is 11.3 Å². The van der Waals surface area contributed by atoms with Crippen molar-refractivity contribution in [3.63, 3.8) is 0 Å². The molecule has 0 saturated carbocycles. The molecule has 0 fully saturated rings. The van der Waals surface area contributed by atoms with Gasteiger partial charge in [-0.1, -0.05) is 34.8 Å². The average molecular weight is 290 g/mol. The van der Waals surface area contributed by atoms with Crippen LogP contribution < -0.4 is 5.32 Å². The van der Waals surface area contributed by atoms with Crippen LogP contribution in [-0.2, 0) is 6.42 Å². The van der Waals surface area contributed by atoms with Gasteiger partial charge in [-0.3, -0.25) is 0 Å². The highest BCUT2D eigenvalue weighted by Gasteiger charge is 1.93. The molecule has 0 bridgehead atoms. The van der Waals surface area contributed by atoms with Crippen LogP contribution in [0.2, 0.25) is 0 Å². The Morgan fingerprint density at radius 2 is 2.00 bits per heavy atom. The first kappa shape index (κ1) is 13.2. The minimum atomic E-state index is 1.12. The van der Waals surface area contributed by atoms with Gasteiger partial charge < -0.3 is 5.32 Å². The summed E-state index contributed by atoms with van der Waals surface area (Å²) < 4.78 is 0. The van der Waals surface area contributed by atoms with Crippen LogP contribution in [0.1, 0.15) is 30.6 Å². The van der Waals surface area contributed by atoms with E-state index >= 15 is 0 Å². The Bertz CT molecular complexity index is 224. The van der Waals surface area contributed by atoms with E-state index in [4.69, 9.17) is 0 Å². The van der Waals surface area contributed by atoms with Crippen molar-refractivity contribution in [2.24, 2.45) is 0 Å². The molecule has 3 heteroatoms. The van der Waals surface area contributed by atoms with E-state index in [1.807, 2.05) is 11.3 Å². The molecule has 0 spiro atoms. The lowest BCUT2D eigenvalue weighted by Crippen LogP contribution is -2.18. The lowest BCUT2D eigenvalue weighted by molar-refractivity contribution is 0.602. The normalized spacial score (nSPS) is 10.7. The summed E-state index contributed by atoms with van der Waals surface area (Å²) >= 11 is 5.30. The minimum absolute atomic E-state index is 1.12. The SMILES string of the molecule is BrCCCCCCNCCc1cccs1. The lowest BCUT2D eigenvalue weighted by Gasteiger charge is -2.03. The molecule has 0 aromatic carbocycles. The summed E-state index contributed by atoms with van der Waals surface area (Å²) in [5.74, 6) is 0. The molecule has 0 aliphatic heterocycles. The number of hydrogen-bond donors (Lipinski definition) is 1. The summed E-state index contributed by atoms with van der Waals surface area (Å²) in [7, 11) is 0. The Morgan fingerprint density at radius 3 is 2.73 bits per heavy atom. The highest BCUT2D eigenvalue weighted by molar-refractivity contribution is 9.09. The standard InChI is InChI=1S/C12H20BrNS/c13-8-3-1-2-4-9-14-10-7-12-6-5-11-15-12/h5-6,11,14H,1-4,7-10H2. The fraction of sp³-hybridized carbons (Fsp3) is 0.667. The fourth-order valence-electron chi connectivity index (χ4n) is 1.49. The molecule has 1 N–H and O–H groups in total. The predicted octanol–water partition coefficient (Wildman–Crippen LogP) is 3.84. The van der Waals surface area contributed by atoms with E-state index in [-0.39, 0.29) is 0 Å². The number of hydrogen-bond acceptors (Lipinski definition) is 2. The molecule has 86 valence electrons. The summed E-state index contributed by atoms with van der Waals surface area (Å²) in [4.78, 5) is 1.49. The molecule has 1 aromatic rings. The molecule has 0 amide bonds. The monoisotopic (exact) mass is 289 g/mol. The zero-order valence-corrected chi connectivity index (χ0v) is 11.6. The second-order valence-electron chi connectivity index (χ2n) is 3.68. The van der Waals surface area contributed by atoms with Gasteiger partial charge in [0.15, 0.2) is 0 Å². The smallest absolute Gasteiger partial charge is 0.00578 e. The van der Waals surface area contributed by atoms with Crippen LogP contribution in [0.3, 0.4) is 0 Å². The van der Waals surface area contributed by atoms with Crippen LogP contribution in [0.5, 0.6) is 0 Å². The Morgan fingerprint density at radius 1 is 1.13 bits per heavy atom. The molecular weight excluding hydrogens is 270 g/mol. The molecule has 0 radical (unpaired) electrons. The Labute approximate surface area is 105 Å². The second-order valence-corrected chi connectivity index (χ2v) is 5.51. The third-order valence-corrected chi connectivity index (χ3v) is 3.86. The summed E-state index contributed by atoms with van der Waals surface area (Å²) in [5.41, 5.74) is 0. The number of halogens is 1. The highest BCUT2D eigenvalue weighted by Crippen LogP contribution is 2.08. The first-order valence-electron chi connectivity index (χ1n) is 5.72. The van der Waals surface area contributed by atoms with Crippen LogP contribution in [0, 0.1) is 0 Å². The molecule has 0 atom stereocenters.